The first-order valence-electron chi connectivity index (χ1n) is 10.1. The molecular weight excluding hydrogens is 390 g/mol. The molecule has 0 spiro atoms. The molecule has 1 aliphatic carbocycles. The molecule has 0 bridgehead atoms. The fourth-order valence-corrected chi connectivity index (χ4v) is 4.04. The van der Waals surface area contributed by atoms with E-state index in [4.69, 9.17) is 11.2 Å². The Bertz CT molecular complexity index is 1090. The number of aliphatic hydroxyl groups excluding tert-OH is 2. The van der Waals surface area contributed by atoms with Gasteiger partial charge < -0.3 is 20.3 Å². The molecule has 3 aromatic rings. The zero-order valence-electron chi connectivity index (χ0n) is 16.9. The van der Waals surface area contributed by atoms with Gasteiger partial charge in [0.05, 0.1) is 0 Å². The predicted octanol–water partition coefficient (Wildman–Crippen LogP) is 3.60. The standard InChI is InChI=1S/C26H23NO4/c1-2-17-9-3-4-10-18(17)25(29)24(28)15-27-26(30)31-16-23-21-13-7-5-11-19(21)20-12-6-8-14-22(20)23/h1,3-14,23-25,28-29H,15-16H2,(H,27,30). The van der Waals surface area contributed by atoms with E-state index in [1.165, 1.54) is 0 Å². The first-order chi connectivity index (χ1) is 15.1. The highest BCUT2D eigenvalue weighted by atomic mass is 16.5. The van der Waals surface area contributed by atoms with Gasteiger partial charge in [0, 0.05) is 18.0 Å². The number of alkyl carbamates (subject to hydrolysis) is 1. The first-order valence-corrected chi connectivity index (χ1v) is 10.1. The third kappa shape index (κ3) is 4.17. The summed E-state index contributed by atoms with van der Waals surface area (Å²) in [5, 5.41) is 23.2. The number of aliphatic hydroxyl groups is 2. The van der Waals surface area contributed by atoms with Crippen molar-refractivity contribution in [2.24, 2.45) is 0 Å². The van der Waals surface area contributed by atoms with Crippen molar-refractivity contribution in [3.8, 4) is 23.5 Å². The summed E-state index contributed by atoms with van der Waals surface area (Å²) in [6, 6.07) is 23.0. The molecule has 0 aliphatic heterocycles. The summed E-state index contributed by atoms with van der Waals surface area (Å²) in [5.74, 6) is 2.44. The number of hydrogen-bond acceptors (Lipinski definition) is 4. The second kappa shape index (κ2) is 9.05. The van der Waals surface area contributed by atoms with Gasteiger partial charge in [0.15, 0.2) is 0 Å². The van der Waals surface area contributed by atoms with Crippen molar-refractivity contribution in [2.45, 2.75) is 18.1 Å². The fourth-order valence-electron chi connectivity index (χ4n) is 4.04. The van der Waals surface area contributed by atoms with Crippen molar-refractivity contribution in [1.29, 1.82) is 0 Å². The number of rotatable bonds is 6. The van der Waals surface area contributed by atoms with Crippen LogP contribution in [0.2, 0.25) is 0 Å². The van der Waals surface area contributed by atoms with Gasteiger partial charge in [-0.25, -0.2) is 4.79 Å². The summed E-state index contributed by atoms with van der Waals surface area (Å²) >= 11 is 0. The summed E-state index contributed by atoms with van der Waals surface area (Å²) in [6.45, 7) is 0.00911. The van der Waals surface area contributed by atoms with Crippen molar-refractivity contribution in [3.63, 3.8) is 0 Å². The van der Waals surface area contributed by atoms with Crippen LogP contribution >= 0.6 is 0 Å². The van der Waals surface area contributed by atoms with E-state index in [1.807, 2.05) is 36.4 Å². The quantitative estimate of drug-likeness (QED) is 0.540. The maximum absolute atomic E-state index is 12.3. The Morgan fingerprint density at radius 1 is 0.968 bits per heavy atom. The van der Waals surface area contributed by atoms with E-state index in [1.54, 1.807) is 24.3 Å². The van der Waals surface area contributed by atoms with Gasteiger partial charge in [-0.3, -0.25) is 0 Å². The van der Waals surface area contributed by atoms with E-state index in [2.05, 4.69) is 23.4 Å². The Morgan fingerprint density at radius 3 is 2.19 bits per heavy atom. The van der Waals surface area contributed by atoms with Crippen LogP contribution in [0.25, 0.3) is 11.1 Å². The number of benzene rings is 3. The number of terminal acetylenes is 1. The largest absolute Gasteiger partial charge is 0.449 e. The molecule has 1 aliphatic rings. The summed E-state index contributed by atoms with van der Waals surface area (Å²) in [5.41, 5.74) is 5.48. The Kier molecular flexibility index (Phi) is 6.03. The number of amides is 1. The zero-order valence-corrected chi connectivity index (χ0v) is 16.9. The lowest BCUT2D eigenvalue weighted by molar-refractivity contribution is 0.0184. The molecule has 0 saturated carbocycles. The number of carbonyl (C=O) groups is 1. The van der Waals surface area contributed by atoms with Crippen molar-refractivity contribution in [2.75, 3.05) is 13.2 Å². The van der Waals surface area contributed by atoms with E-state index < -0.39 is 18.3 Å². The Labute approximate surface area is 181 Å². The molecule has 0 heterocycles. The topological polar surface area (TPSA) is 78.8 Å². The van der Waals surface area contributed by atoms with E-state index in [0.717, 1.165) is 22.3 Å². The number of hydrogen-bond donors (Lipinski definition) is 3. The molecule has 3 N–H and O–H groups in total. The van der Waals surface area contributed by atoms with E-state index in [9.17, 15) is 15.0 Å². The van der Waals surface area contributed by atoms with Crippen LogP contribution in [0.1, 0.15) is 34.3 Å². The van der Waals surface area contributed by atoms with Crippen LogP contribution in [0.15, 0.2) is 72.8 Å². The lowest BCUT2D eigenvalue weighted by Gasteiger charge is -2.20. The predicted molar refractivity (Wildman–Crippen MR) is 118 cm³/mol. The molecule has 1 amide bonds. The lowest BCUT2D eigenvalue weighted by atomic mass is 9.98. The Balaban J connectivity index is 1.35. The van der Waals surface area contributed by atoms with Gasteiger partial charge in [0.2, 0.25) is 0 Å². The van der Waals surface area contributed by atoms with E-state index in [-0.39, 0.29) is 19.1 Å². The maximum Gasteiger partial charge on any atom is 0.407 e. The van der Waals surface area contributed by atoms with Crippen LogP contribution in [0.5, 0.6) is 0 Å². The normalized spacial score (nSPS) is 14.1. The molecule has 2 unspecified atom stereocenters. The van der Waals surface area contributed by atoms with Gasteiger partial charge in [0.25, 0.3) is 0 Å². The van der Waals surface area contributed by atoms with Crippen LogP contribution in [-0.2, 0) is 4.74 Å². The average molecular weight is 413 g/mol. The van der Waals surface area contributed by atoms with Gasteiger partial charge in [-0.2, -0.15) is 0 Å². The van der Waals surface area contributed by atoms with Crippen molar-refractivity contribution >= 4 is 6.09 Å². The van der Waals surface area contributed by atoms with Crippen LogP contribution in [0.3, 0.4) is 0 Å². The van der Waals surface area contributed by atoms with E-state index in [0.29, 0.717) is 11.1 Å². The molecule has 5 heteroatoms. The average Bonchev–Trinajstić information content (AvgIpc) is 3.14. The smallest absolute Gasteiger partial charge is 0.407 e. The monoisotopic (exact) mass is 413 g/mol. The van der Waals surface area contributed by atoms with Crippen LogP contribution in [0, 0.1) is 12.3 Å². The second-order valence-electron chi connectivity index (χ2n) is 7.45. The SMILES string of the molecule is C#Cc1ccccc1C(O)C(O)CNC(=O)OCC1c2ccccc2-c2ccccc21. The molecule has 3 aromatic carbocycles. The number of fused-ring (bicyclic) bond motifs is 3. The summed E-state index contributed by atoms with van der Waals surface area (Å²) in [7, 11) is 0. The number of ether oxygens (including phenoxy) is 1. The Hall–Kier alpha value is -3.59. The molecule has 0 fully saturated rings. The van der Waals surface area contributed by atoms with Gasteiger partial charge in [-0.05, 0) is 33.9 Å². The zero-order chi connectivity index (χ0) is 21.8. The third-order valence-corrected chi connectivity index (χ3v) is 5.60. The molecular formula is C26H23NO4. The molecule has 4 rings (SSSR count). The highest BCUT2D eigenvalue weighted by molar-refractivity contribution is 5.79. The highest BCUT2D eigenvalue weighted by Gasteiger charge is 2.29. The van der Waals surface area contributed by atoms with Gasteiger partial charge in [0.1, 0.15) is 18.8 Å². The highest BCUT2D eigenvalue weighted by Crippen LogP contribution is 2.44. The molecule has 2 atom stereocenters. The van der Waals surface area contributed by atoms with Crippen molar-refractivity contribution in [3.05, 3.63) is 95.1 Å². The molecule has 0 aromatic heterocycles. The third-order valence-electron chi connectivity index (χ3n) is 5.60. The second-order valence-corrected chi connectivity index (χ2v) is 7.45. The first kappa shape index (κ1) is 20.7. The molecule has 0 radical (unpaired) electrons. The van der Waals surface area contributed by atoms with E-state index >= 15 is 0 Å². The number of carbonyl (C=O) groups excluding carboxylic acids is 1. The minimum atomic E-state index is -1.23. The summed E-state index contributed by atoms with van der Waals surface area (Å²) < 4.78 is 5.45. The molecule has 156 valence electrons. The van der Waals surface area contributed by atoms with Gasteiger partial charge in [-0.15, -0.1) is 6.42 Å². The Morgan fingerprint density at radius 2 is 1.55 bits per heavy atom. The minimum absolute atomic E-state index is 0.0452. The molecule has 31 heavy (non-hydrogen) atoms. The van der Waals surface area contributed by atoms with Crippen molar-refractivity contribution in [1.82, 2.24) is 5.32 Å². The number of nitrogens with one attached hydrogen (secondary N) is 1. The van der Waals surface area contributed by atoms with Gasteiger partial charge in [-0.1, -0.05) is 72.7 Å². The lowest BCUT2D eigenvalue weighted by Crippen LogP contribution is -2.36. The molecule has 0 saturated heterocycles. The minimum Gasteiger partial charge on any atom is -0.449 e. The fraction of sp³-hybridized carbons (Fsp3) is 0.192. The summed E-state index contributed by atoms with van der Waals surface area (Å²) in [6.07, 6.45) is 2.34. The maximum atomic E-state index is 12.3. The van der Waals surface area contributed by atoms with Crippen LogP contribution in [-0.4, -0.2) is 35.6 Å². The van der Waals surface area contributed by atoms with Crippen LogP contribution in [0.4, 0.5) is 4.79 Å². The van der Waals surface area contributed by atoms with Gasteiger partial charge >= 0.3 is 6.09 Å². The van der Waals surface area contributed by atoms with Crippen LogP contribution < -0.4 is 5.32 Å². The van der Waals surface area contributed by atoms with Crippen molar-refractivity contribution < 1.29 is 19.7 Å². The molecule has 5 nitrogen and oxygen atoms in total. The summed E-state index contributed by atoms with van der Waals surface area (Å²) in [4.78, 5) is 12.3.